The Morgan fingerprint density at radius 1 is 1.20 bits per heavy atom. The molecule has 3 N–H and O–H groups in total. The van der Waals surface area contributed by atoms with Crippen LogP contribution in [0.5, 0.6) is 17.2 Å². The molecule has 0 saturated carbocycles. The summed E-state index contributed by atoms with van der Waals surface area (Å²) in [6, 6.07) is 4.38. The number of aromatic nitrogens is 1. The number of aryl methyl sites for hydroxylation is 2. The van der Waals surface area contributed by atoms with Gasteiger partial charge in [0.15, 0.2) is 5.76 Å². The smallest absolute Gasteiger partial charge is 0.235 e. The van der Waals surface area contributed by atoms with Crippen LogP contribution in [0.15, 0.2) is 24.0 Å². The van der Waals surface area contributed by atoms with Gasteiger partial charge < -0.3 is 19.9 Å². The molecule has 2 heterocycles. The number of phenolic OH excluding ortho intramolecular Hbond substituents is 2. The Morgan fingerprint density at radius 2 is 1.95 bits per heavy atom. The Labute approximate surface area is 115 Å². The van der Waals surface area contributed by atoms with Crippen LogP contribution in [0.1, 0.15) is 27.3 Å². The molecule has 102 valence electrons. The number of hydrogen-bond acceptors (Lipinski definition) is 4. The standard InChI is InChI=1S/C15H13NO4/c1-7-3-8(2)16-10(7)6-13-15(19)14-11(18)4-9(17)5-12(14)20-13/h3-6,16-18H,1-2H3/b13-6-. The summed E-state index contributed by atoms with van der Waals surface area (Å²) in [6.07, 6.45) is 1.60. The van der Waals surface area contributed by atoms with E-state index < -0.39 is 5.78 Å². The molecule has 0 atom stereocenters. The number of benzene rings is 1. The molecule has 0 spiro atoms. The molecule has 0 amide bonds. The van der Waals surface area contributed by atoms with E-state index in [1.807, 2.05) is 19.9 Å². The van der Waals surface area contributed by atoms with Gasteiger partial charge in [0.1, 0.15) is 22.8 Å². The van der Waals surface area contributed by atoms with E-state index in [0.717, 1.165) is 23.0 Å². The number of ether oxygens (including phenoxy) is 1. The van der Waals surface area contributed by atoms with Crippen LogP contribution in [0.25, 0.3) is 6.08 Å². The lowest BCUT2D eigenvalue weighted by Gasteiger charge is -2.00. The fourth-order valence-corrected chi connectivity index (χ4v) is 2.31. The van der Waals surface area contributed by atoms with Gasteiger partial charge in [0.05, 0.1) is 0 Å². The van der Waals surface area contributed by atoms with Gasteiger partial charge in [-0.15, -0.1) is 0 Å². The molecular weight excluding hydrogens is 258 g/mol. The van der Waals surface area contributed by atoms with Crippen LogP contribution in [0.2, 0.25) is 0 Å². The molecule has 1 aliphatic rings. The zero-order valence-corrected chi connectivity index (χ0v) is 11.0. The molecule has 3 rings (SSSR count). The van der Waals surface area contributed by atoms with Crippen molar-refractivity contribution in [2.45, 2.75) is 13.8 Å². The van der Waals surface area contributed by atoms with Gasteiger partial charge in [0.25, 0.3) is 0 Å². The van der Waals surface area contributed by atoms with Crippen LogP contribution in [-0.2, 0) is 0 Å². The molecule has 0 aliphatic carbocycles. The second kappa shape index (κ2) is 4.16. The Balaban J connectivity index is 2.06. The first kappa shape index (κ1) is 12.3. The molecule has 1 aliphatic heterocycles. The molecule has 0 radical (unpaired) electrons. The highest BCUT2D eigenvalue weighted by atomic mass is 16.5. The van der Waals surface area contributed by atoms with Gasteiger partial charge in [-0.05, 0) is 25.5 Å². The van der Waals surface area contributed by atoms with Gasteiger partial charge in [0, 0.05) is 29.6 Å². The SMILES string of the molecule is Cc1cc(C)c(/C=C2\Oc3cc(O)cc(O)c3C2=O)[nH]1. The summed E-state index contributed by atoms with van der Waals surface area (Å²) in [6.45, 7) is 3.84. The highest BCUT2D eigenvalue weighted by Gasteiger charge is 2.31. The van der Waals surface area contributed by atoms with Crippen molar-refractivity contribution in [1.82, 2.24) is 4.98 Å². The zero-order valence-electron chi connectivity index (χ0n) is 11.0. The fourth-order valence-electron chi connectivity index (χ4n) is 2.31. The molecule has 1 aromatic heterocycles. The number of ketones is 1. The number of aromatic amines is 1. The summed E-state index contributed by atoms with van der Waals surface area (Å²) in [4.78, 5) is 15.3. The molecule has 0 bridgehead atoms. The molecule has 5 heteroatoms. The number of H-pyrrole nitrogens is 1. The fraction of sp³-hybridized carbons (Fsp3) is 0.133. The van der Waals surface area contributed by atoms with Crippen LogP contribution >= 0.6 is 0 Å². The summed E-state index contributed by atoms with van der Waals surface area (Å²) < 4.78 is 5.42. The van der Waals surface area contributed by atoms with Crippen molar-refractivity contribution in [3.05, 3.63) is 46.5 Å². The molecule has 0 saturated heterocycles. The normalized spacial score (nSPS) is 15.5. The van der Waals surface area contributed by atoms with E-state index in [1.54, 1.807) is 6.08 Å². The first-order chi connectivity index (χ1) is 9.45. The lowest BCUT2D eigenvalue weighted by molar-refractivity contribution is 0.101. The number of carbonyl (C=O) groups excluding carboxylic acids is 1. The quantitative estimate of drug-likeness (QED) is 0.696. The number of phenols is 2. The van der Waals surface area contributed by atoms with Gasteiger partial charge in [-0.3, -0.25) is 4.79 Å². The monoisotopic (exact) mass is 271 g/mol. The average molecular weight is 271 g/mol. The van der Waals surface area contributed by atoms with Crippen molar-refractivity contribution < 1.29 is 19.7 Å². The van der Waals surface area contributed by atoms with E-state index in [0.29, 0.717) is 0 Å². The van der Waals surface area contributed by atoms with Crippen LogP contribution < -0.4 is 4.74 Å². The van der Waals surface area contributed by atoms with E-state index in [4.69, 9.17) is 4.74 Å². The summed E-state index contributed by atoms with van der Waals surface area (Å²) >= 11 is 0. The number of fused-ring (bicyclic) bond motifs is 1. The van der Waals surface area contributed by atoms with E-state index in [9.17, 15) is 15.0 Å². The maximum Gasteiger partial charge on any atom is 0.235 e. The minimum Gasteiger partial charge on any atom is -0.508 e. The number of aromatic hydroxyl groups is 2. The summed E-state index contributed by atoms with van der Waals surface area (Å²) in [5.74, 6) is -0.551. The maximum absolute atomic E-state index is 12.2. The van der Waals surface area contributed by atoms with Crippen molar-refractivity contribution in [3.8, 4) is 17.2 Å². The predicted molar refractivity (Wildman–Crippen MR) is 73.0 cm³/mol. The largest absolute Gasteiger partial charge is 0.508 e. The minimum atomic E-state index is -0.399. The van der Waals surface area contributed by atoms with Crippen molar-refractivity contribution in [1.29, 1.82) is 0 Å². The van der Waals surface area contributed by atoms with Gasteiger partial charge in [-0.2, -0.15) is 0 Å². The number of rotatable bonds is 1. The van der Waals surface area contributed by atoms with E-state index >= 15 is 0 Å². The van der Waals surface area contributed by atoms with Crippen LogP contribution in [0, 0.1) is 13.8 Å². The molecule has 5 nitrogen and oxygen atoms in total. The molecular formula is C15H13NO4. The minimum absolute atomic E-state index is 0.0787. The van der Waals surface area contributed by atoms with Gasteiger partial charge in [0.2, 0.25) is 5.78 Å². The average Bonchev–Trinajstić information content (AvgIpc) is 2.81. The van der Waals surface area contributed by atoms with Gasteiger partial charge in [-0.1, -0.05) is 0 Å². The van der Waals surface area contributed by atoms with Crippen LogP contribution in [0.4, 0.5) is 0 Å². The molecule has 0 fully saturated rings. The molecule has 20 heavy (non-hydrogen) atoms. The second-order valence-electron chi connectivity index (χ2n) is 4.83. The number of nitrogens with one attached hydrogen (secondary N) is 1. The van der Waals surface area contributed by atoms with Crippen molar-refractivity contribution in [2.24, 2.45) is 0 Å². The van der Waals surface area contributed by atoms with Crippen molar-refractivity contribution >= 4 is 11.9 Å². The number of hydrogen-bond donors (Lipinski definition) is 3. The Morgan fingerprint density at radius 3 is 2.60 bits per heavy atom. The number of Topliss-reactive ketones (excluding diaryl/α,β-unsaturated/α-hetero) is 1. The van der Waals surface area contributed by atoms with Crippen molar-refractivity contribution in [2.75, 3.05) is 0 Å². The van der Waals surface area contributed by atoms with E-state index in [-0.39, 0.29) is 28.6 Å². The Kier molecular flexibility index (Phi) is 2.57. The van der Waals surface area contributed by atoms with Crippen molar-refractivity contribution in [3.63, 3.8) is 0 Å². The van der Waals surface area contributed by atoms with Gasteiger partial charge >= 0.3 is 0 Å². The van der Waals surface area contributed by atoms with Gasteiger partial charge in [-0.25, -0.2) is 0 Å². The zero-order chi connectivity index (χ0) is 14.4. The lowest BCUT2D eigenvalue weighted by atomic mass is 10.1. The third kappa shape index (κ3) is 1.84. The highest BCUT2D eigenvalue weighted by molar-refractivity contribution is 6.16. The topological polar surface area (TPSA) is 82.5 Å². The lowest BCUT2D eigenvalue weighted by Crippen LogP contribution is -1.98. The first-order valence-electron chi connectivity index (χ1n) is 6.12. The maximum atomic E-state index is 12.2. The Hall–Kier alpha value is -2.69. The van der Waals surface area contributed by atoms with Crippen LogP contribution in [-0.4, -0.2) is 21.0 Å². The molecule has 2 aromatic rings. The second-order valence-corrected chi connectivity index (χ2v) is 4.83. The first-order valence-corrected chi connectivity index (χ1v) is 6.12. The summed E-state index contributed by atoms with van der Waals surface area (Å²) in [5, 5.41) is 19.1. The van der Waals surface area contributed by atoms with E-state index in [1.165, 1.54) is 6.07 Å². The highest BCUT2D eigenvalue weighted by Crippen LogP contribution is 2.40. The number of allylic oxidation sites excluding steroid dienone is 1. The number of carbonyl (C=O) groups is 1. The molecule has 1 aromatic carbocycles. The molecule has 0 unspecified atom stereocenters. The summed E-state index contributed by atoms with van der Waals surface area (Å²) in [5.41, 5.74) is 2.84. The van der Waals surface area contributed by atoms with Crippen LogP contribution in [0.3, 0.4) is 0 Å². The third-order valence-electron chi connectivity index (χ3n) is 3.20. The third-order valence-corrected chi connectivity index (χ3v) is 3.20. The van der Waals surface area contributed by atoms with E-state index in [2.05, 4.69) is 4.98 Å². The predicted octanol–water partition coefficient (Wildman–Crippen LogP) is 2.66. The summed E-state index contributed by atoms with van der Waals surface area (Å²) in [7, 11) is 0. The Bertz CT molecular complexity index is 755.